The summed E-state index contributed by atoms with van der Waals surface area (Å²) in [7, 11) is 0. The molecule has 0 aliphatic heterocycles. The monoisotopic (exact) mass is 169 g/mol. The number of rotatable bonds is 4. The third-order valence-corrected chi connectivity index (χ3v) is 1.11. The minimum atomic E-state index is 0.376. The summed E-state index contributed by atoms with van der Waals surface area (Å²) in [6.45, 7) is 4.99. The molecule has 0 aliphatic rings. The van der Waals surface area contributed by atoms with E-state index in [0.29, 0.717) is 13.1 Å². The molecule has 3 heteroatoms. The summed E-state index contributed by atoms with van der Waals surface area (Å²) in [5.74, 6) is 0.849. The first-order valence-corrected chi connectivity index (χ1v) is 4.10. The third kappa shape index (κ3) is 4.68. The van der Waals surface area contributed by atoms with Gasteiger partial charge in [0.1, 0.15) is 12.0 Å². The van der Waals surface area contributed by atoms with Gasteiger partial charge in [-0.3, -0.25) is 0 Å². The van der Waals surface area contributed by atoms with Crippen LogP contribution in [0.25, 0.3) is 0 Å². The molecule has 0 unspecified atom stereocenters. The van der Waals surface area contributed by atoms with Crippen molar-refractivity contribution < 1.29 is 9.21 Å². The van der Waals surface area contributed by atoms with Gasteiger partial charge in [-0.1, -0.05) is 13.8 Å². The highest BCUT2D eigenvalue weighted by Gasteiger charge is 1.91. The van der Waals surface area contributed by atoms with E-state index in [0.717, 1.165) is 12.0 Å². The Bertz CT molecular complexity index is 182. The zero-order chi connectivity index (χ0) is 9.23. The lowest BCUT2D eigenvalue weighted by Gasteiger charge is -1.93. The second-order valence-corrected chi connectivity index (χ2v) is 1.88. The molecule has 3 nitrogen and oxygen atoms in total. The van der Waals surface area contributed by atoms with Crippen LogP contribution in [0.5, 0.6) is 0 Å². The fourth-order valence-corrected chi connectivity index (χ4v) is 0.667. The fourth-order valence-electron chi connectivity index (χ4n) is 0.667. The molecule has 1 heterocycles. The van der Waals surface area contributed by atoms with Crippen LogP contribution >= 0.6 is 0 Å². The highest BCUT2D eigenvalue weighted by Crippen LogP contribution is 1.97. The molecule has 1 aromatic heterocycles. The molecule has 0 aliphatic carbocycles. The average molecular weight is 169 g/mol. The van der Waals surface area contributed by atoms with Gasteiger partial charge in [-0.25, -0.2) is 0 Å². The molecule has 0 aromatic carbocycles. The largest absolute Gasteiger partial charge is 0.468 e. The minimum absolute atomic E-state index is 0.376. The van der Waals surface area contributed by atoms with E-state index >= 15 is 0 Å². The van der Waals surface area contributed by atoms with Gasteiger partial charge in [0.05, 0.1) is 19.4 Å². The average Bonchev–Trinajstić information content (AvgIpc) is 2.61. The Kier molecular flexibility index (Phi) is 7.28. The van der Waals surface area contributed by atoms with Crippen LogP contribution in [0.2, 0.25) is 0 Å². The van der Waals surface area contributed by atoms with Gasteiger partial charge in [-0.05, 0) is 12.1 Å². The molecule has 0 bridgehead atoms. The normalized spacial score (nSPS) is 8.50. The molecule has 12 heavy (non-hydrogen) atoms. The molecule has 1 N–H and O–H groups in total. The third-order valence-electron chi connectivity index (χ3n) is 1.11. The first-order chi connectivity index (χ1) is 5.93. The Morgan fingerprint density at radius 2 is 2.33 bits per heavy atom. The fraction of sp³-hybridized carbons (Fsp3) is 0.444. The van der Waals surface area contributed by atoms with Crippen molar-refractivity contribution in [3.05, 3.63) is 24.2 Å². The van der Waals surface area contributed by atoms with Gasteiger partial charge in [0.25, 0.3) is 0 Å². The lowest BCUT2D eigenvalue weighted by Crippen LogP contribution is -2.14. The Morgan fingerprint density at radius 1 is 1.58 bits per heavy atom. The van der Waals surface area contributed by atoms with E-state index in [1.807, 2.05) is 26.0 Å². The van der Waals surface area contributed by atoms with Gasteiger partial charge < -0.3 is 14.5 Å². The van der Waals surface area contributed by atoms with Crippen LogP contribution in [0.3, 0.4) is 0 Å². The second kappa shape index (κ2) is 8.01. The predicted molar refractivity (Wildman–Crippen MR) is 47.8 cm³/mol. The topological polar surface area (TPSA) is 42.2 Å². The van der Waals surface area contributed by atoms with Crippen LogP contribution in [0.4, 0.5) is 0 Å². The van der Waals surface area contributed by atoms with Gasteiger partial charge in [0.2, 0.25) is 0 Å². The first-order valence-electron chi connectivity index (χ1n) is 4.10. The molecular weight excluding hydrogens is 154 g/mol. The maximum absolute atomic E-state index is 9.84. The molecule has 0 fully saturated rings. The predicted octanol–water partition coefficient (Wildman–Crippen LogP) is 1.59. The second-order valence-electron chi connectivity index (χ2n) is 1.88. The summed E-state index contributed by atoms with van der Waals surface area (Å²) in [6, 6.07) is 3.68. The Balaban J connectivity index is 0.000000561. The van der Waals surface area contributed by atoms with Crippen molar-refractivity contribution in [1.29, 1.82) is 0 Å². The molecule has 0 atom stereocenters. The van der Waals surface area contributed by atoms with Gasteiger partial charge in [-0.15, -0.1) is 0 Å². The molecule has 1 rings (SSSR count). The Hall–Kier alpha value is -1.09. The summed E-state index contributed by atoms with van der Waals surface area (Å²) in [6.07, 6.45) is 2.43. The van der Waals surface area contributed by atoms with Crippen molar-refractivity contribution in [2.45, 2.75) is 20.4 Å². The van der Waals surface area contributed by atoms with Crippen LogP contribution in [0.15, 0.2) is 22.8 Å². The smallest absolute Gasteiger partial charge is 0.133 e. The standard InChI is InChI=1S/C7H9NO2.C2H6/c9-4-3-8-6-7-2-1-5-10-7;1-2/h1-2,4-5,8H,3,6H2;1-2H3. The quantitative estimate of drug-likeness (QED) is 0.549. The Labute approximate surface area is 72.8 Å². The van der Waals surface area contributed by atoms with Gasteiger partial charge >= 0.3 is 0 Å². The number of hydrogen-bond donors (Lipinski definition) is 1. The molecule has 0 saturated heterocycles. The molecule has 0 spiro atoms. The number of hydrogen-bond acceptors (Lipinski definition) is 3. The summed E-state index contributed by atoms with van der Waals surface area (Å²) >= 11 is 0. The van der Waals surface area contributed by atoms with E-state index in [-0.39, 0.29) is 0 Å². The van der Waals surface area contributed by atoms with E-state index in [2.05, 4.69) is 5.32 Å². The zero-order valence-corrected chi connectivity index (χ0v) is 7.54. The van der Waals surface area contributed by atoms with Crippen LogP contribution in [0.1, 0.15) is 19.6 Å². The van der Waals surface area contributed by atoms with Gasteiger partial charge in [0, 0.05) is 0 Å². The highest BCUT2D eigenvalue weighted by molar-refractivity contribution is 5.51. The zero-order valence-electron chi connectivity index (χ0n) is 7.54. The van der Waals surface area contributed by atoms with Gasteiger partial charge in [0.15, 0.2) is 0 Å². The van der Waals surface area contributed by atoms with E-state index in [1.165, 1.54) is 0 Å². The summed E-state index contributed by atoms with van der Waals surface area (Å²) in [5, 5.41) is 2.88. The number of carbonyl (C=O) groups is 1. The highest BCUT2D eigenvalue weighted by atomic mass is 16.3. The van der Waals surface area contributed by atoms with E-state index in [9.17, 15) is 4.79 Å². The van der Waals surface area contributed by atoms with Crippen molar-refractivity contribution >= 4 is 6.29 Å². The number of furan rings is 1. The van der Waals surface area contributed by atoms with E-state index in [1.54, 1.807) is 6.26 Å². The van der Waals surface area contributed by atoms with Crippen molar-refractivity contribution in [2.75, 3.05) is 6.54 Å². The number of carbonyl (C=O) groups excluding carboxylic acids is 1. The molecule has 0 saturated carbocycles. The van der Waals surface area contributed by atoms with Crippen molar-refractivity contribution in [2.24, 2.45) is 0 Å². The molecular formula is C9H15NO2. The van der Waals surface area contributed by atoms with Crippen LogP contribution in [-0.4, -0.2) is 12.8 Å². The molecule has 68 valence electrons. The maximum atomic E-state index is 9.84. The van der Waals surface area contributed by atoms with Crippen LogP contribution < -0.4 is 5.32 Å². The molecule has 0 radical (unpaired) electrons. The van der Waals surface area contributed by atoms with Crippen LogP contribution in [-0.2, 0) is 11.3 Å². The van der Waals surface area contributed by atoms with E-state index < -0.39 is 0 Å². The summed E-state index contributed by atoms with van der Waals surface area (Å²) in [5.41, 5.74) is 0. The summed E-state index contributed by atoms with van der Waals surface area (Å²) in [4.78, 5) is 9.84. The van der Waals surface area contributed by atoms with Gasteiger partial charge in [-0.2, -0.15) is 0 Å². The van der Waals surface area contributed by atoms with Crippen molar-refractivity contribution in [3.63, 3.8) is 0 Å². The van der Waals surface area contributed by atoms with Crippen molar-refractivity contribution in [1.82, 2.24) is 5.32 Å². The number of aldehydes is 1. The minimum Gasteiger partial charge on any atom is -0.468 e. The maximum Gasteiger partial charge on any atom is 0.133 e. The van der Waals surface area contributed by atoms with Crippen LogP contribution in [0, 0.1) is 0 Å². The molecule has 0 amide bonds. The van der Waals surface area contributed by atoms with Crippen molar-refractivity contribution in [3.8, 4) is 0 Å². The number of nitrogens with one attached hydrogen (secondary N) is 1. The lowest BCUT2D eigenvalue weighted by atomic mass is 10.4. The van der Waals surface area contributed by atoms with E-state index in [4.69, 9.17) is 4.42 Å². The molecule has 1 aromatic rings. The lowest BCUT2D eigenvalue weighted by molar-refractivity contribution is -0.107. The SMILES string of the molecule is CC.O=CCNCc1ccco1. The summed E-state index contributed by atoms with van der Waals surface area (Å²) < 4.78 is 5.00. The Morgan fingerprint density at radius 3 is 2.83 bits per heavy atom. The first kappa shape index (κ1) is 10.9.